The van der Waals surface area contributed by atoms with Crippen molar-refractivity contribution in [1.82, 2.24) is 4.90 Å². The number of rotatable bonds is 4. The van der Waals surface area contributed by atoms with Gasteiger partial charge in [0.15, 0.2) is 0 Å². The highest BCUT2D eigenvalue weighted by Crippen LogP contribution is 2.31. The molecule has 0 saturated carbocycles. The van der Waals surface area contributed by atoms with Gasteiger partial charge in [0.1, 0.15) is 4.21 Å². The molecule has 1 aliphatic rings. The van der Waals surface area contributed by atoms with Gasteiger partial charge < -0.3 is 4.90 Å². The number of halogens is 1. The lowest BCUT2D eigenvalue weighted by atomic mass is 10.0. The van der Waals surface area contributed by atoms with Crippen LogP contribution in [0.4, 0.5) is 0 Å². The van der Waals surface area contributed by atoms with Crippen LogP contribution in [0.5, 0.6) is 0 Å². The summed E-state index contributed by atoms with van der Waals surface area (Å²) < 4.78 is 22.9. The van der Waals surface area contributed by atoms with E-state index in [1.54, 1.807) is 12.3 Å². The standard InChI is InChI=1S/C13H18ClNO3S2/c1-3-4-10-5-6-15(7-10)12(16)11-8-19-13(9(11)2)20(14,17)18/h8,10H,3-7H2,1-2H3. The summed E-state index contributed by atoms with van der Waals surface area (Å²) in [7, 11) is 1.59. The van der Waals surface area contributed by atoms with Crippen LogP contribution in [0.2, 0.25) is 0 Å². The molecule has 0 spiro atoms. The Hall–Kier alpha value is -0.590. The van der Waals surface area contributed by atoms with Gasteiger partial charge in [-0.15, -0.1) is 11.3 Å². The summed E-state index contributed by atoms with van der Waals surface area (Å²) in [5.74, 6) is 0.489. The summed E-state index contributed by atoms with van der Waals surface area (Å²) in [6.07, 6.45) is 3.29. The largest absolute Gasteiger partial charge is 0.338 e. The number of thiophene rings is 1. The van der Waals surface area contributed by atoms with Crippen LogP contribution in [0.1, 0.15) is 42.1 Å². The number of carbonyl (C=O) groups is 1. The van der Waals surface area contributed by atoms with E-state index in [0.29, 0.717) is 17.0 Å². The zero-order valence-electron chi connectivity index (χ0n) is 11.6. The number of amides is 1. The van der Waals surface area contributed by atoms with E-state index in [1.807, 2.05) is 4.90 Å². The Bertz CT molecular complexity index is 609. The van der Waals surface area contributed by atoms with Crippen LogP contribution in [0, 0.1) is 12.8 Å². The molecule has 1 amide bonds. The average Bonchev–Trinajstić information content (AvgIpc) is 2.95. The normalized spacial score (nSPS) is 19.6. The molecular weight excluding hydrogens is 318 g/mol. The Morgan fingerprint density at radius 2 is 2.25 bits per heavy atom. The number of nitrogens with zero attached hydrogens (tertiary/aromatic N) is 1. The third-order valence-electron chi connectivity index (χ3n) is 3.72. The minimum atomic E-state index is -3.77. The van der Waals surface area contributed by atoms with Crippen LogP contribution in [-0.4, -0.2) is 32.3 Å². The second-order valence-electron chi connectivity index (χ2n) is 5.19. The van der Waals surface area contributed by atoms with Crippen LogP contribution in [0.15, 0.2) is 9.59 Å². The molecule has 1 saturated heterocycles. The molecule has 0 bridgehead atoms. The summed E-state index contributed by atoms with van der Waals surface area (Å²) in [4.78, 5) is 14.3. The zero-order valence-corrected chi connectivity index (χ0v) is 13.9. The fraction of sp³-hybridized carbons (Fsp3) is 0.615. The molecule has 7 heteroatoms. The molecule has 0 radical (unpaired) electrons. The van der Waals surface area contributed by atoms with Gasteiger partial charge in [-0.25, -0.2) is 8.42 Å². The number of likely N-dealkylation sites (tertiary alicyclic amines) is 1. The zero-order chi connectivity index (χ0) is 14.9. The number of hydrogen-bond donors (Lipinski definition) is 0. The average molecular weight is 336 g/mol. The van der Waals surface area contributed by atoms with Gasteiger partial charge in [-0.3, -0.25) is 4.79 Å². The van der Waals surface area contributed by atoms with Gasteiger partial charge in [-0.2, -0.15) is 0 Å². The van der Waals surface area contributed by atoms with E-state index in [1.165, 1.54) is 0 Å². The summed E-state index contributed by atoms with van der Waals surface area (Å²) in [5.41, 5.74) is 0.931. The third-order valence-corrected chi connectivity index (χ3v) is 7.02. The molecule has 112 valence electrons. The van der Waals surface area contributed by atoms with Crippen LogP contribution >= 0.6 is 22.0 Å². The van der Waals surface area contributed by atoms with Crippen molar-refractivity contribution >= 4 is 37.0 Å². The van der Waals surface area contributed by atoms with Gasteiger partial charge in [0.2, 0.25) is 0 Å². The van der Waals surface area contributed by atoms with E-state index >= 15 is 0 Å². The van der Waals surface area contributed by atoms with E-state index in [2.05, 4.69) is 6.92 Å². The predicted octanol–water partition coefficient (Wildman–Crippen LogP) is 3.25. The number of carbonyl (C=O) groups excluding carboxylic acids is 1. The summed E-state index contributed by atoms with van der Waals surface area (Å²) in [6, 6.07) is 0. The van der Waals surface area contributed by atoms with Crippen molar-refractivity contribution in [3.05, 3.63) is 16.5 Å². The third kappa shape index (κ3) is 3.18. The Balaban J connectivity index is 2.17. The van der Waals surface area contributed by atoms with Crippen molar-refractivity contribution in [1.29, 1.82) is 0 Å². The SMILES string of the molecule is CCCC1CCN(C(=O)c2csc(S(=O)(=O)Cl)c2C)C1. The van der Waals surface area contributed by atoms with Crippen LogP contribution < -0.4 is 0 Å². The maximum absolute atomic E-state index is 12.5. The van der Waals surface area contributed by atoms with E-state index in [0.717, 1.165) is 43.7 Å². The second kappa shape index (κ2) is 6.03. The molecule has 1 atom stereocenters. The molecule has 2 rings (SSSR count). The van der Waals surface area contributed by atoms with Crippen molar-refractivity contribution < 1.29 is 13.2 Å². The Morgan fingerprint density at radius 1 is 1.55 bits per heavy atom. The van der Waals surface area contributed by atoms with Crippen molar-refractivity contribution in [3.8, 4) is 0 Å². The van der Waals surface area contributed by atoms with Crippen molar-refractivity contribution in [3.63, 3.8) is 0 Å². The van der Waals surface area contributed by atoms with E-state index < -0.39 is 9.05 Å². The first kappa shape index (κ1) is 15.8. The first-order valence-electron chi connectivity index (χ1n) is 6.66. The van der Waals surface area contributed by atoms with E-state index in [4.69, 9.17) is 10.7 Å². The lowest BCUT2D eigenvalue weighted by molar-refractivity contribution is 0.0786. The first-order chi connectivity index (χ1) is 9.34. The molecule has 0 aromatic carbocycles. The highest BCUT2D eigenvalue weighted by atomic mass is 35.7. The Labute approximate surface area is 128 Å². The quantitative estimate of drug-likeness (QED) is 0.794. The smallest absolute Gasteiger partial charge is 0.271 e. The molecule has 0 N–H and O–H groups in total. The van der Waals surface area contributed by atoms with E-state index in [9.17, 15) is 13.2 Å². The summed E-state index contributed by atoms with van der Waals surface area (Å²) >= 11 is 1.01. The van der Waals surface area contributed by atoms with Crippen LogP contribution in [0.3, 0.4) is 0 Å². The highest BCUT2D eigenvalue weighted by molar-refractivity contribution is 8.15. The molecular formula is C13H18ClNO3S2. The van der Waals surface area contributed by atoms with Crippen molar-refractivity contribution in [2.24, 2.45) is 5.92 Å². The molecule has 1 unspecified atom stereocenters. The summed E-state index contributed by atoms with van der Waals surface area (Å²) in [5, 5.41) is 1.60. The second-order valence-corrected chi connectivity index (χ2v) is 8.84. The molecule has 1 aliphatic heterocycles. The Morgan fingerprint density at radius 3 is 2.80 bits per heavy atom. The molecule has 1 fully saturated rings. The van der Waals surface area contributed by atoms with Gasteiger partial charge in [0.25, 0.3) is 15.0 Å². The van der Waals surface area contributed by atoms with Gasteiger partial charge in [0.05, 0.1) is 5.56 Å². The predicted molar refractivity (Wildman–Crippen MR) is 81.0 cm³/mol. The molecule has 4 nitrogen and oxygen atoms in total. The van der Waals surface area contributed by atoms with Gasteiger partial charge in [0, 0.05) is 29.2 Å². The monoisotopic (exact) mass is 335 g/mol. The van der Waals surface area contributed by atoms with Crippen molar-refractivity contribution in [2.45, 2.75) is 37.3 Å². The minimum Gasteiger partial charge on any atom is -0.338 e. The van der Waals surface area contributed by atoms with Crippen LogP contribution in [-0.2, 0) is 9.05 Å². The molecule has 0 aliphatic carbocycles. The van der Waals surface area contributed by atoms with Crippen LogP contribution in [0.25, 0.3) is 0 Å². The molecule has 1 aromatic rings. The minimum absolute atomic E-state index is 0.0758. The maximum Gasteiger partial charge on any atom is 0.271 e. The lowest BCUT2D eigenvalue weighted by Crippen LogP contribution is -2.28. The first-order valence-corrected chi connectivity index (χ1v) is 9.85. The molecule has 20 heavy (non-hydrogen) atoms. The lowest BCUT2D eigenvalue weighted by Gasteiger charge is -2.16. The number of hydrogen-bond acceptors (Lipinski definition) is 4. The highest BCUT2D eigenvalue weighted by Gasteiger charge is 2.29. The topological polar surface area (TPSA) is 54.5 Å². The molecule has 1 aromatic heterocycles. The van der Waals surface area contributed by atoms with E-state index in [-0.39, 0.29) is 10.1 Å². The van der Waals surface area contributed by atoms with Gasteiger partial charge in [-0.1, -0.05) is 13.3 Å². The maximum atomic E-state index is 12.5. The van der Waals surface area contributed by atoms with Crippen molar-refractivity contribution in [2.75, 3.05) is 13.1 Å². The fourth-order valence-electron chi connectivity index (χ4n) is 2.68. The van der Waals surface area contributed by atoms with Gasteiger partial charge >= 0.3 is 0 Å². The Kier molecular flexibility index (Phi) is 4.76. The summed E-state index contributed by atoms with van der Waals surface area (Å²) in [6.45, 7) is 5.30. The molecule has 2 heterocycles. The van der Waals surface area contributed by atoms with Gasteiger partial charge in [-0.05, 0) is 31.2 Å². The fourth-order valence-corrected chi connectivity index (χ4v) is 5.23.